The lowest BCUT2D eigenvalue weighted by Gasteiger charge is -2.35. The maximum atomic E-state index is 12.5. The summed E-state index contributed by atoms with van der Waals surface area (Å²) in [5, 5.41) is 0. The molecule has 0 N–H and O–H groups in total. The normalized spacial score (nSPS) is 23.7. The topological polar surface area (TPSA) is 90.0 Å². The summed E-state index contributed by atoms with van der Waals surface area (Å²) in [6.07, 6.45) is 2.03. The molecule has 2 bridgehead atoms. The SMILES string of the molecule is CCOC(=O)c1ccc(N(C)CCC(=O)OCCC23CCC(C(=O)C2=O)C3(C)C)cc1. The third kappa shape index (κ3) is 4.10. The van der Waals surface area contributed by atoms with E-state index in [1.807, 2.05) is 25.8 Å². The van der Waals surface area contributed by atoms with Crippen molar-refractivity contribution in [3.05, 3.63) is 29.8 Å². The molecule has 1 aromatic carbocycles. The van der Waals surface area contributed by atoms with E-state index in [9.17, 15) is 19.2 Å². The number of ether oxygens (including phenoxy) is 2. The highest BCUT2D eigenvalue weighted by Gasteiger charge is 2.68. The van der Waals surface area contributed by atoms with Gasteiger partial charge in [0.05, 0.1) is 25.2 Å². The van der Waals surface area contributed by atoms with Gasteiger partial charge in [-0.3, -0.25) is 14.4 Å². The van der Waals surface area contributed by atoms with Crippen molar-refractivity contribution in [2.24, 2.45) is 16.7 Å². The zero-order valence-electron chi connectivity index (χ0n) is 18.7. The molecule has 168 valence electrons. The number of hydrogen-bond donors (Lipinski definition) is 0. The summed E-state index contributed by atoms with van der Waals surface area (Å²) >= 11 is 0. The van der Waals surface area contributed by atoms with Gasteiger partial charge in [-0.05, 0) is 55.9 Å². The van der Waals surface area contributed by atoms with Crippen molar-refractivity contribution >= 4 is 29.2 Å². The summed E-state index contributed by atoms with van der Waals surface area (Å²) in [6, 6.07) is 6.99. The fraction of sp³-hybridized carbons (Fsp3) is 0.583. The van der Waals surface area contributed by atoms with Gasteiger partial charge in [-0.15, -0.1) is 0 Å². The minimum atomic E-state index is -0.688. The number of rotatable bonds is 9. The van der Waals surface area contributed by atoms with Crippen LogP contribution in [-0.2, 0) is 23.9 Å². The van der Waals surface area contributed by atoms with Gasteiger partial charge in [-0.2, -0.15) is 0 Å². The number of nitrogens with zero attached hydrogens (tertiary/aromatic N) is 1. The highest BCUT2D eigenvalue weighted by Crippen LogP contribution is 2.63. The van der Waals surface area contributed by atoms with Crippen molar-refractivity contribution in [3.63, 3.8) is 0 Å². The van der Waals surface area contributed by atoms with Crippen LogP contribution in [-0.4, -0.2) is 50.3 Å². The van der Waals surface area contributed by atoms with Crippen molar-refractivity contribution in [1.29, 1.82) is 0 Å². The molecule has 0 aliphatic heterocycles. The number of fused-ring (bicyclic) bond motifs is 2. The molecule has 0 amide bonds. The lowest BCUT2D eigenvalue weighted by Crippen LogP contribution is -2.38. The number of ketones is 2. The third-order valence-corrected chi connectivity index (χ3v) is 7.20. The Labute approximate surface area is 183 Å². The van der Waals surface area contributed by atoms with Crippen LogP contribution in [0.25, 0.3) is 0 Å². The van der Waals surface area contributed by atoms with Crippen LogP contribution in [0.2, 0.25) is 0 Å². The van der Waals surface area contributed by atoms with Gasteiger partial charge in [0.1, 0.15) is 0 Å². The number of Topliss-reactive ketones (excluding diaryl/α,β-unsaturated/α-hetero) is 2. The van der Waals surface area contributed by atoms with E-state index in [1.54, 1.807) is 31.2 Å². The lowest BCUT2D eigenvalue weighted by molar-refractivity contribution is -0.147. The lowest BCUT2D eigenvalue weighted by atomic mass is 9.67. The van der Waals surface area contributed by atoms with Gasteiger partial charge in [-0.1, -0.05) is 13.8 Å². The molecule has 2 unspecified atom stereocenters. The second-order valence-corrected chi connectivity index (χ2v) is 9.00. The Bertz CT molecular complexity index is 875. The van der Waals surface area contributed by atoms with Crippen LogP contribution in [0.15, 0.2) is 24.3 Å². The van der Waals surface area contributed by atoms with Crippen molar-refractivity contribution in [2.45, 2.75) is 46.5 Å². The first-order chi connectivity index (χ1) is 14.6. The minimum Gasteiger partial charge on any atom is -0.466 e. The first-order valence-electron chi connectivity index (χ1n) is 10.9. The summed E-state index contributed by atoms with van der Waals surface area (Å²) in [6.45, 7) is 6.65. The summed E-state index contributed by atoms with van der Waals surface area (Å²) in [4.78, 5) is 50.6. The molecular formula is C24H31NO6. The van der Waals surface area contributed by atoms with E-state index in [0.717, 1.165) is 12.1 Å². The first-order valence-corrected chi connectivity index (χ1v) is 10.9. The number of benzene rings is 1. The first kappa shape index (κ1) is 23.0. The second kappa shape index (κ2) is 8.81. The Balaban J connectivity index is 1.46. The van der Waals surface area contributed by atoms with Gasteiger partial charge >= 0.3 is 11.9 Å². The van der Waals surface area contributed by atoms with Gasteiger partial charge in [0.2, 0.25) is 11.6 Å². The van der Waals surface area contributed by atoms with Gasteiger partial charge in [0.25, 0.3) is 0 Å². The van der Waals surface area contributed by atoms with E-state index >= 15 is 0 Å². The molecule has 2 aliphatic carbocycles. The van der Waals surface area contributed by atoms with Crippen molar-refractivity contribution in [2.75, 3.05) is 31.7 Å². The number of esters is 2. The van der Waals surface area contributed by atoms with E-state index in [4.69, 9.17) is 9.47 Å². The molecule has 1 aromatic rings. The average Bonchev–Trinajstić information content (AvgIpc) is 3.08. The summed E-state index contributed by atoms with van der Waals surface area (Å²) < 4.78 is 10.4. The zero-order chi connectivity index (χ0) is 22.8. The summed E-state index contributed by atoms with van der Waals surface area (Å²) in [5.41, 5.74) is 0.291. The Morgan fingerprint density at radius 3 is 2.39 bits per heavy atom. The van der Waals surface area contributed by atoms with Crippen molar-refractivity contribution in [3.8, 4) is 0 Å². The Morgan fingerprint density at radius 2 is 1.81 bits per heavy atom. The molecule has 0 radical (unpaired) electrons. The highest BCUT2D eigenvalue weighted by atomic mass is 16.5. The molecule has 2 aliphatic rings. The smallest absolute Gasteiger partial charge is 0.338 e. The Kier molecular flexibility index (Phi) is 6.53. The van der Waals surface area contributed by atoms with Crippen LogP contribution in [0.4, 0.5) is 5.69 Å². The van der Waals surface area contributed by atoms with E-state index in [-0.39, 0.29) is 47.9 Å². The fourth-order valence-electron chi connectivity index (χ4n) is 5.09. The number of anilines is 1. The van der Waals surface area contributed by atoms with Crippen LogP contribution in [0.1, 0.15) is 56.8 Å². The van der Waals surface area contributed by atoms with Gasteiger partial charge in [0, 0.05) is 30.6 Å². The van der Waals surface area contributed by atoms with Crippen LogP contribution in [0, 0.1) is 16.7 Å². The maximum Gasteiger partial charge on any atom is 0.338 e. The molecule has 0 aromatic heterocycles. The number of hydrogen-bond acceptors (Lipinski definition) is 7. The predicted molar refractivity (Wildman–Crippen MR) is 115 cm³/mol. The largest absolute Gasteiger partial charge is 0.466 e. The van der Waals surface area contributed by atoms with Gasteiger partial charge in [-0.25, -0.2) is 4.79 Å². The standard InChI is InChI=1S/C24H31NO6/c1-5-30-22(29)16-6-8-17(9-7-16)25(4)14-11-19(26)31-15-13-24-12-10-18(23(24,2)3)20(27)21(24)28/h6-9,18H,5,10-15H2,1-4H3. The monoisotopic (exact) mass is 429 g/mol. The van der Waals surface area contributed by atoms with Gasteiger partial charge in [0.15, 0.2) is 0 Å². The number of carbonyl (C=O) groups excluding carboxylic acids is 4. The van der Waals surface area contributed by atoms with E-state index in [0.29, 0.717) is 31.6 Å². The van der Waals surface area contributed by atoms with Crippen LogP contribution >= 0.6 is 0 Å². The molecule has 2 atom stereocenters. The van der Waals surface area contributed by atoms with E-state index < -0.39 is 5.41 Å². The number of carbonyl (C=O) groups is 4. The molecule has 2 saturated carbocycles. The predicted octanol–water partition coefficient (Wildman–Crippen LogP) is 3.20. The van der Waals surface area contributed by atoms with Crippen molar-refractivity contribution < 1.29 is 28.7 Å². The third-order valence-electron chi connectivity index (χ3n) is 7.20. The molecule has 7 nitrogen and oxygen atoms in total. The molecule has 0 spiro atoms. The minimum absolute atomic E-state index is 0.145. The maximum absolute atomic E-state index is 12.5. The summed E-state index contributed by atoms with van der Waals surface area (Å²) in [5.74, 6) is -1.43. The van der Waals surface area contributed by atoms with E-state index in [2.05, 4.69) is 0 Å². The van der Waals surface area contributed by atoms with Crippen LogP contribution < -0.4 is 4.90 Å². The Morgan fingerprint density at radius 1 is 1.13 bits per heavy atom. The average molecular weight is 430 g/mol. The molecule has 0 heterocycles. The molecule has 2 fully saturated rings. The Hall–Kier alpha value is -2.70. The molecule has 7 heteroatoms. The van der Waals surface area contributed by atoms with Crippen LogP contribution in [0.3, 0.4) is 0 Å². The second-order valence-electron chi connectivity index (χ2n) is 9.00. The quantitative estimate of drug-likeness (QED) is 0.440. The molecule has 0 saturated heterocycles. The molecular weight excluding hydrogens is 398 g/mol. The van der Waals surface area contributed by atoms with Crippen molar-refractivity contribution in [1.82, 2.24) is 0 Å². The highest BCUT2D eigenvalue weighted by molar-refractivity contribution is 6.43. The molecule has 31 heavy (non-hydrogen) atoms. The zero-order valence-corrected chi connectivity index (χ0v) is 18.7. The molecule has 3 rings (SSSR count). The van der Waals surface area contributed by atoms with E-state index in [1.165, 1.54) is 0 Å². The fourth-order valence-corrected chi connectivity index (χ4v) is 5.09. The summed E-state index contributed by atoms with van der Waals surface area (Å²) in [7, 11) is 1.86. The van der Waals surface area contributed by atoms with Crippen LogP contribution in [0.5, 0.6) is 0 Å². The van der Waals surface area contributed by atoms with Gasteiger partial charge < -0.3 is 14.4 Å².